The number of hydrogen-bond acceptors (Lipinski definition) is 11. The minimum atomic E-state index is -0.834. The van der Waals surface area contributed by atoms with E-state index in [0.717, 1.165) is 20.4 Å². The number of para-hydroxylation sites is 2. The molecule has 5 aromatic carbocycles. The summed E-state index contributed by atoms with van der Waals surface area (Å²) in [7, 11) is 0. The highest BCUT2D eigenvalue weighted by Crippen LogP contribution is 2.41. The van der Waals surface area contributed by atoms with Gasteiger partial charge in [-0.3, -0.25) is 0 Å². The van der Waals surface area contributed by atoms with Crippen LogP contribution in [0.25, 0.3) is 31.6 Å². The molecule has 258 valence electrons. The predicted octanol–water partition coefficient (Wildman–Crippen LogP) is 7.12. The molecule has 10 nitrogen and oxygen atoms in total. The molecule has 3 aromatic heterocycles. The normalized spacial score (nSPS) is 13.0. The Morgan fingerprint density at radius 3 is 2.19 bits per heavy atom. The molecule has 1 atom stereocenters. The number of benzene rings is 5. The van der Waals surface area contributed by atoms with Crippen LogP contribution in [-0.2, 0) is 0 Å². The summed E-state index contributed by atoms with van der Waals surface area (Å²) in [6.45, 7) is 0. The van der Waals surface area contributed by atoms with Gasteiger partial charge in [-0.25, -0.2) is 14.8 Å². The van der Waals surface area contributed by atoms with Gasteiger partial charge in [0.1, 0.15) is 33.5 Å². The number of aromatic nitrogens is 3. The van der Waals surface area contributed by atoms with Crippen LogP contribution in [0.3, 0.4) is 0 Å². The van der Waals surface area contributed by atoms with Crippen LogP contribution in [0, 0.1) is 22.7 Å². The highest BCUT2D eigenvalue weighted by Gasteiger charge is 2.28. The van der Waals surface area contributed by atoms with Crippen molar-refractivity contribution in [3.63, 3.8) is 0 Å². The van der Waals surface area contributed by atoms with Crippen molar-refractivity contribution >= 4 is 60.2 Å². The smallest absolute Gasteiger partial charge is 0.364 e. The molecule has 0 saturated carbocycles. The standard InChI is InChI=1S/C42H23N5O5S2/c43-21-29(40-45-31-9-3-5-11-35(31)53-40)23-13-15-27-33(19-23)51-34-20-24(30(22-44)41-46-32-10-4-6-12-36(32)54-41)14-16-28(34)39(27)25-7-1-2-8-26(25)42(50)52-47-37(48)17-18-38(47)49/h1-20,29,48-49H. The van der Waals surface area contributed by atoms with Crippen molar-refractivity contribution in [2.24, 2.45) is 0 Å². The lowest BCUT2D eigenvalue weighted by molar-refractivity contribution is 0.0381. The van der Waals surface area contributed by atoms with Gasteiger partial charge in [-0.1, -0.05) is 60.7 Å². The number of ether oxygens (including phenoxy) is 1. The molecule has 0 aliphatic carbocycles. The van der Waals surface area contributed by atoms with Gasteiger partial charge in [0.15, 0.2) is 0 Å². The molecule has 1 aliphatic heterocycles. The summed E-state index contributed by atoms with van der Waals surface area (Å²) in [4.78, 5) is 28.6. The van der Waals surface area contributed by atoms with Gasteiger partial charge in [0.25, 0.3) is 0 Å². The first kappa shape index (κ1) is 32.6. The Kier molecular flexibility index (Phi) is 7.90. The molecular formula is C42H23N5O5S2. The van der Waals surface area contributed by atoms with E-state index in [1.165, 1.54) is 34.8 Å². The van der Waals surface area contributed by atoms with E-state index in [9.17, 15) is 25.5 Å². The molecule has 0 amide bonds. The van der Waals surface area contributed by atoms with E-state index in [1.807, 2.05) is 78.9 Å². The number of nitrogens with zero attached hydrogens (tertiary/aromatic N) is 5. The van der Waals surface area contributed by atoms with Gasteiger partial charge < -0.3 is 19.8 Å². The summed E-state index contributed by atoms with van der Waals surface area (Å²) < 4.78 is 9.20. The quantitative estimate of drug-likeness (QED) is 0.181. The Morgan fingerprint density at radius 1 is 0.759 bits per heavy atom. The third-order valence-electron chi connectivity index (χ3n) is 9.06. The highest BCUT2D eigenvalue weighted by atomic mass is 32.1. The molecule has 8 aromatic rings. The molecule has 1 aliphatic rings. The maximum Gasteiger partial charge on any atom is 0.364 e. The second-order valence-corrected chi connectivity index (χ2v) is 14.4. The fraction of sp³-hybridized carbons (Fsp3) is 0.0238. The van der Waals surface area contributed by atoms with Crippen molar-refractivity contribution in [2.45, 2.75) is 5.92 Å². The Morgan fingerprint density at radius 2 is 1.46 bits per heavy atom. The van der Waals surface area contributed by atoms with Crippen LogP contribution >= 0.6 is 22.7 Å². The molecule has 54 heavy (non-hydrogen) atoms. The summed E-state index contributed by atoms with van der Waals surface area (Å²) in [6, 6.07) is 40.4. The van der Waals surface area contributed by atoms with Gasteiger partial charge in [0.2, 0.25) is 11.8 Å². The summed E-state index contributed by atoms with van der Waals surface area (Å²) in [5.41, 5.74) is 4.55. The van der Waals surface area contributed by atoms with Crippen LogP contribution in [0.4, 0.5) is 0 Å². The molecule has 4 heterocycles. The topological polar surface area (TPSA) is 154 Å². The number of carbonyl (C=O) groups is 1. The van der Waals surface area contributed by atoms with Crippen LogP contribution < -0.4 is 20.0 Å². The number of thiazole rings is 2. The number of nitriles is 2. The number of aromatic hydroxyl groups is 2. The van der Waals surface area contributed by atoms with Gasteiger partial charge in [0.05, 0.1) is 37.6 Å². The van der Waals surface area contributed by atoms with Crippen LogP contribution in [-0.4, -0.2) is 30.9 Å². The Labute approximate surface area is 314 Å². The van der Waals surface area contributed by atoms with Crippen molar-refractivity contribution in [1.82, 2.24) is 14.7 Å². The van der Waals surface area contributed by atoms with Crippen LogP contribution in [0.1, 0.15) is 43.0 Å². The van der Waals surface area contributed by atoms with Crippen molar-refractivity contribution in [3.05, 3.63) is 164 Å². The number of rotatable bonds is 6. The summed E-state index contributed by atoms with van der Waals surface area (Å²) in [6.07, 6.45) is 0. The third-order valence-corrected chi connectivity index (χ3v) is 11.2. The maximum atomic E-state index is 13.7. The number of carbonyl (C=O) groups excluding carboxylic acids is 1. The second kappa shape index (κ2) is 13.1. The zero-order valence-electron chi connectivity index (χ0n) is 27.8. The SMILES string of the molecule is N#CC(c1nc2ccccc2s1)=c1ccc2c(c1)Oc1cc(C(C#N)c3nc4ccccc4s3)ccc1C=2c1ccccc1C(=O)On1c(O)ccc1O. The van der Waals surface area contributed by atoms with E-state index >= 15 is 0 Å². The first-order valence-corrected chi connectivity index (χ1v) is 18.2. The van der Waals surface area contributed by atoms with E-state index in [0.29, 0.717) is 64.5 Å². The van der Waals surface area contributed by atoms with Gasteiger partial charge >= 0.3 is 5.97 Å². The molecular weight excluding hydrogens is 719 g/mol. The third kappa shape index (κ3) is 5.50. The summed E-state index contributed by atoms with van der Waals surface area (Å²) in [5.74, 6) is -1.58. The van der Waals surface area contributed by atoms with Crippen molar-refractivity contribution in [1.29, 1.82) is 10.5 Å². The molecule has 2 N–H and O–H groups in total. The lowest BCUT2D eigenvalue weighted by Crippen LogP contribution is -2.24. The Balaban J connectivity index is 1.24. The zero-order chi connectivity index (χ0) is 36.9. The fourth-order valence-electron chi connectivity index (χ4n) is 6.54. The molecule has 0 fully saturated rings. The average Bonchev–Trinajstić information content (AvgIpc) is 3.91. The molecule has 12 heteroatoms. The van der Waals surface area contributed by atoms with Gasteiger partial charge in [0, 0.05) is 28.5 Å². The van der Waals surface area contributed by atoms with Crippen LogP contribution in [0.2, 0.25) is 0 Å². The molecule has 0 saturated heterocycles. The Hall–Kier alpha value is -7.25. The fourth-order valence-corrected chi connectivity index (χ4v) is 8.56. The second-order valence-electron chi connectivity index (χ2n) is 12.3. The maximum absolute atomic E-state index is 13.7. The minimum absolute atomic E-state index is 0.148. The first-order valence-electron chi connectivity index (χ1n) is 16.5. The lowest BCUT2D eigenvalue weighted by Gasteiger charge is -2.23. The van der Waals surface area contributed by atoms with Gasteiger partial charge in [-0.15, -0.1) is 27.4 Å². The van der Waals surface area contributed by atoms with Gasteiger partial charge in [-0.05, 0) is 64.9 Å². The van der Waals surface area contributed by atoms with E-state index in [-0.39, 0.29) is 5.56 Å². The van der Waals surface area contributed by atoms with E-state index in [2.05, 4.69) is 12.1 Å². The minimum Gasteiger partial charge on any atom is -0.492 e. The number of fused-ring (bicyclic) bond motifs is 4. The predicted molar refractivity (Wildman–Crippen MR) is 204 cm³/mol. The molecule has 1 unspecified atom stereocenters. The Bertz CT molecular complexity index is 2970. The summed E-state index contributed by atoms with van der Waals surface area (Å²) in [5, 5.41) is 43.6. The largest absolute Gasteiger partial charge is 0.492 e. The van der Waals surface area contributed by atoms with E-state index in [1.54, 1.807) is 30.3 Å². The van der Waals surface area contributed by atoms with Crippen molar-refractivity contribution in [3.8, 4) is 35.4 Å². The average molecular weight is 742 g/mol. The van der Waals surface area contributed by atoms with E-state index < -0.39 is 23.6 Å². The highest BCUT2D eigenvalue weighted by molar-refractivity contribution is 7.19. The molecule has 0 bridgehead atoms. The van der Waals surface area contributed by atoms with Crippen LogP contribution in [0.15, 0.2) is 121 Å². The van der Waals surface area contributed by atoms with Gasteiger partial charge in [-0.2, -0.15) is 10.5 Å². The molecule has 0 radical (unpaired) electrons. The zero-order valence-corrected chi connectivity index (χ0v) is 29.4. The monoisotopic (exact) mass is 741 g/mol. The lowest BCUT2D eigenvalue weighted by atomic mass is 9.88. The summed E-state index contributed by atoms with van der Waals surface area (Å²) >= 11 is 2.88. The number of hydrogen-bond donors (Lipinski definition) is 2. The first-order chi connectivity index (χ1) is 26.4. The van der Waals surface area contributed by atoms with Crippen molar-refractivity contribution < 1.29 is 24.6 Å². The van der Waals surface area contributed by atoms with E-state index in [4.69, 9.17) is 19.5 Å². The van der Waals surface area contributed by atoms with Crippen LogP contribution in [0.5, 0.6) is 23.3 Å². The molecule has 0 spiro atoms. The van der Waals surface area contributed by atoms with Crippen molar-refractivity contribution in [2.75, 3.05) is 0 Å². The molecule has 9 rings (SSSR count).